The Bertz CT molecular complexity index is 3980. The number of para-hydroxylation sites is 2. The number of hydrogen-bond donors (Lipinski definition) is 0. The Labute approximate surface area is 442 Å². The number of rotatable bonds is 10. The molecule has 7 heteroatoms. The van der Waals surface area contributed by atoms with Gasteiger partial charge in [-0.25, -0.2) is 0 Å². The second kappa shape index (κ2) is 20.1. The van der Waals surface area contributed by atoms with Gasteiger partial charge in [-0.2, -0.15) is 0 Å². The minimum absolute atomic E-state index is 0. The number of pyridine rings is 5. The number of fused-ring (bicyclic) bond motifs is 3. The average Bonchev–Trinajstić information content (AvgIpc) is 3.87. The van der Waals surface area contributed by atoms with Crippen LogP contribution in [-0.2, 0) is 20.1 Å². The van der Waals surface area contributed by atoms with E-state index in [0.717, 1.165) is 134 Å². The van der Waals surface area contributed by atoms with Gasteiger partial charge < -0.3 is 29.3 Å². The van der Waals surface area contributed by atoms with E-state index in [0.29, 0.717) is 0 Å². The Hall–Kier alpha value is -9.26. The number of benzene rings is 7. The summed E-state index contributed by atoms with van der Waals surface area (Å²) in [6.07, 6.45) is 9.10. The molecule has 13 rings (SSSR count). The Kier molecular flexibility index (Phi) is 12.5. The van der Waals surface area contributed by atoms with Crippen LogP contribution in [0.4, 0.5) is 0 Å². The van der Waals surface area contributed by atoms with Gasteiger partial charge in [0.1, 0.15) is 11.2 Å². The molecule has 0 saturated carbocycles. The van der Waals surface area contributed by atoms with Crippen LogP contribution in [0.2, 0.25) is 0 Å². The van der Waals surface area contributed by atoms with Crippen LogP contribution in [0.1, 0.15) is 0 Å². The minimum atomic E-state index is 0. The molecule has 6 aromatic heterocycles. The standard InChI is InChI=1S/C67H40N5O.Ir/c1-4-19-53(54-32-29-44(61-25-9-12-35-68-61)41-60(54)59-24-15-23-58-57-22-7-8-28-66(57)73-67(58)59)50(16-1)47-38-48(51-17-2-5-20-55(51)64-33-30-45(42-71-64)62-26-10-13-36-69-62)40-49(39-47)52-18-3-6-21-56(52)65-34-31-46(43-72-65)63-27-11-14-37-70-63;/h1-28,32-43H;/q-3;+3. The van der Waals surface area contributed by atoms with Gasteiger partial charge in [-0.05, 0) is 115 Å². The van der Waals surface area contributed by atoms with E-state index in [-0.39, 0.29) is 20.1 Å². The molecule has 0 amide bonds. The molecule has 13 aromatic rings. The molecule has 0 fully saturated rings. The van der Waals surface area contributed by atoms with Crippen molar-refractivity contribution in [2.75, 3.05) is 0 Å². The van der Waals surface area contributed by atoms with E-state index in [1.165, 1.54) is 0 Å². The normalized spacial score (nSPS) is 11.1. The van der Waals surface area contributed by atoms with Gasteiger partial charge in [-0.15, -0.1) is 59.2 Å². The van der Waals surface area contributed by atoms with Gasteiger partial charge in [-0.1, -0.05) is 175 Å². The van der Waals surface area contributed by atoms with Gasteiger partial charge in [0.25, 0.3) is 0 Å². The quantitative estimate of drug-likeness (QED) is 0.127. The molecule has 348 valence electrons. The summed E-state index contributed by atoms with van der Waals surface area (Å²) in [4.78, 5) is 23.8. The Morgan fingerprint density at radius 2 is 0.730 bits per heavy atom. The first kappa shape index (κ1) is 45.9. The van der Waals surface area contributed by atoms with Crippen molar-refractivity contribution in [2.45, 2.75) is 0 Å². The van der Waals surface area contributed by atoms with Crippen molar-refractivity contribution in [2.24, 2.45) is 0 Å². The van der Waals surface area contributed by atoms with E-state index in [1.54, 1.807) is 12.4 Å². The average molecular weight is 1120 g/mol. The summed E-state index contributed by atoms with van der Waals surface area (Å²) in [7, 11) is 0. The third-order valence-electron chi connectivity index (χ3n) is 13.4. The molecule has 0 saturated heterocycles. The summed E-state index contributed by atoms with van der Waals surface area (Å²) in [5.41, 5.74) is 20.5. The van der Waals surface area contributed by atoms with Crippen molar-refractivity contribution in [3.05, 3.63) is 262 Å². The van der Waals surface area contributed by atoms with Crippen LogP contribution in [0.15, 0.2) is 248 Å². The van der Waals surface area contributed by atoms with Crippen LogP contribution in [-0.4, -0.2) is 24.9 Å². The third-order valence-corrected chi connectivity index (χ3v) is 13.4. The van der Waals surface area contributed by atoms with Crippen LogP contribution in [0.5, 0.6) is 0 Å². The summed E-state index contributed by atoms with van der Waals surface area (Å²) >= 11 is 0. The zero-order valence-corrected chi connectivity index (χ0v) is 42.0. The predicted molar refractivity (Wildman–Crippen MR) is 294 cm³/mol. The molecule has 0 atom stereocenters. The molecular weight excluding hydrogens is 1080 g/mol. The monoisotopic (exact) mass is 1120 g/mol. The summed E-state index contributed by atoms with van der Waals surface area (Å²) in [5.74, 6) is 0. The number of hydrogen-bond acceptors (Lipinski definition) is 6. The summed E-state index contributed by atoms with van der Waals surface area (Å²) in [5, 5.41) is 2.14. The fourth-order valence-electron chi connectivity index (χ4n) is 9.87. The van der Waals surface area contributed by atoms with Crippen molar-refractivity contribution in [1.82, 2.24) is 24.9 Å². The smallest absolute Gasteiger partial charge is 0.455 e. The molecule has 0 radical (unpaired) electrons. The molecule has 0 N–H and O–H groups in total. The molecule has 6 nitrogen and oxygen atoms in total. The summed E-state index contributed by atoms with van der Waals surface area (Å²) in [6.45, 7) is 0. The van der Waals surface area contributed by atoms with E-state index in [9.17, 15) is 0 Å². The predicted octanol–water partition coefficient (Wildman–Crippen LogP) is 16.6. The molecule has 7 aromatic carbocycles. The van der Waals surface area contributed by atoms with Gasteiger partial charge in [0, 0.05) is 34.9 Å². The first-order chi connectivity index (χ1) is 36.2. The van der Waals surface area contributed by atoms with E-state index >= 15 is 0 Å². The van der Waals surface area contributed by atoms with E-state index in [2.05, 4.69) is 162 Å². The number of aromatic nitrogens is 5. The fourth-order valence-corrected chi connectivity index (χ4v) is 9.87. The molecule has 0 spiro atoms. The Morgan fingerprint density at radius 3 is 1.24 bits per heavy atom. The molecule has 0 unspecified atom stereocenters. The summed E-state index contributed by atoms with van der Waals surface area (Å²) in [6, 6.07) is 83.6. The molecule has 0 aliphatic carbocycles. The molecule has 6 heterocycles. The number of furan rings is 1. The van der Waals surface area contributed by atoms with Gasteiger partial charge in [0.2, 0.25) is 0 Å². The molecular formula is C67H40IrN5O. The second-order valence-corrected chi connectivity index (χ2v) is 17.7. The largest absolute Gasteiger partial charge is 3.00 e. The third kappa shape index (κ3) is 8.71. The molecule has 0 aliphatic heterocycles. The first-order valence-corrected chi connectivity index (χ1v) is 24.1. The van der Waals surface area contributed by atoms with E-state index < -0.39 is 0 Å². The molecule has 74 heavy (non-hydrogen) atoms. The maximum absolute atomic E-state index is 6.73. The van der Waals surface area contributed by atoms with Crippen LogP contribution >= 0.6 is 0 Å². The Balaban J connectivity index is 0.00000556. The fraction of sp³-hybridized carbons (Fsp3) is 0. The van der Waals surface area contributed by atoms with Crippen LogP contribution in [0.25, 0.3) is 134 Å². The van der Waals surface area contributed by atoms with E-state index in [1.807, 2.05) is 97.5 Å². The maximum atomic E-state index is 6.73. The Morgan fingerprint density at radius 1 is 0.297 bits per heavy atom. The SMILES string of the molecule is [Ir+3].[c-]1cc(-c2ccccc2-c2cc(-c3ccccc3-c3c[c-]c(-c4ccccn4)cn3)cc(-c3ccccc3-c3c[c-]c(-c4ccccn4)cc3-c3cccc4c3oc3ccccc34)c2)ncc1-c1ccccn1. The molecule has 0 bridgehead atoms. The number of nitrogens with zero attached hydrogens (tertiary/aromatic N) is 5. The second-order valence-electron chi connectivity index (χ2n) is 17.7. The van der Waals surface area contributed by atoms with Gasteiger partial charge in [-0.3, -0.25) is 0 Å². The zero-order valence-electron chi connectivity index (χ0n) is 39.6. The van der Waals surface area contributed by atoms with Crippen molar-refractivity contribution in [3.63, 3.8) is 0 Å². The van der Waals surface area contributed by atoms with Gasteiger partial charge in [0.15, 0.2) is 0 Å². The minimum Gasteiger partial charge on any atom is -0.455 e. The summed E-state index contributed by atoms with van der Waals surface area (Å²) < 4.78 is 6.73. The van der Waals surface area contributed by atoms with Crippen LogP contribution in [0.3, 0.4) is 0 Å². The topological polar surface area (TPSA) is 77.6 Å². The van der Waals surface area contributed by atoms with Crippen LogP contribution < -0.4 is 0 Å². The van der Waals surface area contributed by atoms with Crippen molar-refractivity contribution >= 4 is 21.9 Å². The zero-order chi connectivity index (χ0) is 48.5. The van der Waals surface area contributed by atoms with Crippen molar-refractivity contribution < 1.29 is 24.5 Å². The first-order valence-electron chi connectivity index (χ1n) is 24.1. The van der Waals surface area contributed by atoms with Gasteiger partial charge >= 0.3 is 20.1 Å². The van der Waals surface area contributed by atoms with E-state index in [4.69, 9.17) is 19.4 Å². The maximum Gasteiger partial charge on any atom is 3.00 e. The van der Waals surface area contributed by atoms with Gasteiger partial charge in [0.05, 0.1) is 0 Å². The molecule has 0 aliphatic rings. The van der Waals surface area contributed by atoms with Crippen molar-refractivity contribution in [1.29, 1.82) is 0 Å². The van der Waals surface area contributed by atoms with Crippen LogP contribution in [0, 0.1) is 18.2 Å². The van der Waals surface area contributed by atoms with Crippen molar-refractivity contribution in [3.8, 4) is 112 Å².